The minimum Gasteiger partial charge on any atom is -0.467 e. The highest BCUT2D eigenvalue weighted by Gasteiger charge is 2.22. The lowest BCUT2D eigenvalue weighted by atomic mass is 10.1. The first-order valence-electron chi connectivity index (χ1n) is 6.53. The Morgan fingerprint density at radius 3 is 2.43 bits per heavy atom. The summed E-state index contributed by atoms with van der Waals surface area (Å²) in [7, 11) is 1.30. The average molecular weight is 284 g/mol. The van der Waals surface area contributed by atoms with Crippen molar-refractivity contribution < 1.29 is 14.3 Å². The molecule has 0 radical (unpaired) electrons. The number of amides is 1. The number of hydrogen-bond acceptors (Lipinski definition) is 4. The average Bonchev–Trinajstić information content (AvgIpc) is 2.55. The second-order valence-electron chi connectivity index (χ2n) is 4.47. The lowest BCUT2D eigenvalue weighted by molar-refractivity contribution is -0.142. The van der Waals surface area contributed by atoms with Gasteiger partial charge in [-0.25, -0.2) is 4.79 Å². The van der Waals surface area contributed by atoms with Gasteiger partial charge in [-0.05, 0) is 17.7 Å². The molecule has 1 amide bonds. The van der Waals surface area contributed by atoms with Crippen LogP contribution >= 0.6 is 0 Å². The van der Waals surface area contributed by atoms with Gasteiger partial charge in [0.05, 0.1) is 7.11 Å². The fourth-order valence-electron chi connectivity index (χ4n) is 1.93. The number of carbonyl (C=O) groups excluding carboxylic acids is 2. The predicted octanol–water partition coefficient (Wildman–Crippen LogP) is 1.60. The zero-order valence-corrected chi connectivity index (χ0v) is 11.7. The van der Waals surface area contributed by atoms with Crippen molar-refractivity contribution in [2.45, 2.75) is 12.5 Å². The summed E-state index contributed by atoms with van der Waals surface area (Å²) >= 11 is 0. The molecule has 0 bridgehead atoms. The van der Waals surface area contributed by atoms with E-state index in [0.29, 0.717) is 12.0 Å². The van der Waals surface area contributed by atoms with Crippen LogP contribution in [0, 0.1) is 0 Å². The standard InChI is InChI=1S/C16H16N2O3/c1-21-16(20)14(11-12-5-3-2-4-6-12)18-15(19)13-7-9-17-10-8-13/h2-10,14H,11H2,1H3,(H,18,19). The van der Waals surface area contributed by atoms with E-state index in [2.05, 4.69) is 10.3 Å². The molecule has 0 aliphatic carbocycles. The van der Waals surface area contributed by atoms with Crippen LogP contribution in [0.1, 0.15) is 15.9 Å². The third-order valence-corrected chi connectivity index (χ3v) is 3.02. The number of carbonyl (C=O) groups is 2. The molecule has 5 heteroatoms. The molecular formula is C16H16N2O3. The zero-order chi connectivity index (χ0) is 15.1. The molecule has 1 aromatic heterocycles. The third-order valence-electron chi connectivity index (χ3n) is 3.02. The molecular weight excluding hydrogens is 268 g/mol. The number of benzene rings is 1. The Bertz CT molecular complexity index is 599. The number of ether oxygens (including phenoxy) is 1. The molecule has 1 aromatic carbocycles. The summed E-state index contributed by atoms with van der Waals surface area (Å²) in [6.07, 6.45) is 3.43. The lowest BCUT2D eigenvalue weighted by Gasteiger charge is -2.16. The Labute approximate surface area is 123 Å². The molecule has 0 saturated heterocycles. The third kappa shape index (κ3) is 4.14. The van der Waals surface area contributed by atoms with Crippen LogP contribution in [0.15, 0.2) is 54.9 Å². The van der Waals surface area contributed by atoms with E-state index in [-0.39, 0.29) is 5.91 Å². The van der Waals surface area contributed by atoms with Crippen molar-refractivity contribution >= 4 is 11.9 Å². The van der Waals surface area contributed by atoms with Gasteiger partial charge in [-0.3, -0.25) is 9.78 Å². The lowest BCUT2D eigenvalue weighted by Crippen LogP contribution is -2.43. The molecule has 5 nitrogen and oxygen atoms in total. The number of methoxy groups -OCH3 is 1. The first-order chi connectivity index (χ1) is 10.2. The monoisotopic (exact) mass is 284 g/mol. The Balaban J connectivity index is 2.10. The normalized spacial score (nSPS) is 11.5. The molecule has 1 unspecified atom stereocenters. The zero-order valence-electron chi connectivity index (χ0n) is 11.7. The van der Waals surface area contributed by atoms with Crippen LogP contribution in [0.4, 0.5) is 0 Å². The topological polar surface area (TPSA) is 68.3 Å². The highest BCUT2D eigenvalue weighted by molar-refractivity contribution is 5.96. The number of pyridine rings is 1. The van der Waals surface area contributed by atoms with Gasteiger partial charge >= 0.3 is 5.97 Å². The molecule has 0 aliphatic rings. The highest BCUT2D eigenvalue weighted by Crippen LogP contribution is 2.06. The fourth-order valence-corrected chi connectivity index (χ4v) is 1.93. The number of hydrogen-bond donors (Lipinski definition) is 1. The summed E-state index contributed by atoms with van der Waals surface area (Å²) in [4.78, 5) is 27.8. The molecule has 1 N–H and O–H groups in total. The van der Waals surface area contributed by atoms with Crippen LogP contribution in [0.5, 0.6) is 0 Å². The van der Waals surface area contributed by atoms with Crippen LogP contribution in [0.25, 0.3) is 0 Å². The number of esters is 1. The van der Waals surface area contributed by atoms with E-state index in [1.165, 1.54) is 19.5 Å². The van der Waals surface area contributed by atoms with Crippen molar-refractivity contribution in [3.63, 3.8) is 0 Å². The van der Waals surface area contributed by atoms with Gasteiger partial charge < -0.3 is 10.1 Å². The Morgan fingerprint density at radius 2 is 1.81 bits per heavy atom. The van der Waals surface area contributed by atoms with Gasteiger partial charge in [-0.2, -0.15) is 0 Å². The van der Waals surface area contributed by atoms with Crippen molar-refractivity contribution in [3.05, 3.63) is 66.0 Å². The minimum absolute atomic E-state index is 0.330. The van der Waals surface area contributed by atoms with E-state index in [0.717, 1.165) is 5.56 Å². The van der Waals surface area contributed by atoms with Gasteiger partial charge in [-0.15, -0.1) is 0 Å². The van der Waals surface area contributed by atoms with Gasteiger partial charge in [0.2, 0.25) is 0 Å². The van der Waals surface area contributed by atoms with Crippen molar-refractivity contribution in [1.29, 1.82) is 0 Å². The number of aromatic nitrogens is 1. The van der Waals surface area contributed by atoms with Gasteiger partial charge in [-0.1, -0.05) is 30.3 Å². The van der Waals surface area contributed by atoms with Crippen LogP contribution in [-0.4, -0.2) is 30.0 Å². The van der Waals surface area contributed by atoms with Gasteiger partial charge in [0, 0.05) is 24.4 Å². The molecule has 21 heavy (non-hydrogen) atoms. The fraction of sp³-hybridized carbons (Fsp3) is 0.188. The summed E-state index contributed by atoms with van der Waals surface area (Å²) in [5.41, 5.74) is 1.40. The smallest absolute Gasteiger partial charge is 0.328 e. The first-order valence-corrected chi connectivity index (χ1v) is 6.53. The highest BCUT2D eigenvalue weighted by atomic mass is 16.5. The summed E-state index contributed by atoms with van der Waals surface area (Å²) < 4.78 is 4.76. The van der Waals surface area contributed by atoms with Gasteiger partial charge in [0.25, 0.3) is 5.91 Å². The summed E-state index contributed by atoms with van der Waals surface area (Å²) in [6.45, 7) is 0. The summed E-state index contributed by atoms with van der Waals surface area (Å²) in [5.74, 6) is -0.801. The van der Waals surface area contributed by atoms with Crippen LogP contribution in [-0.2, 0) is 16.0 Å². The molecule has 1 heterocycles. The Kier molecular flexibility index (Phi) is 5.04. The molecule has 2 aromatic rings. The Hall–Kier alpha value is -2.69. The molecule has 1 atom stereocenters. The van der Waals surface area contributed by atoms with Crippen molar-refractivity contribution in [1.82, 2.24) is 10.3 Å². The largest absolute Gasteiger partial charge is 0.467 e. The van der Waals surface area contributed by atoms with Crippen LogP contribution < -0.4 is 5.32 Å². The van der Waals surface area contributed by atoms with E-state index >= 15 is 0 Å². The molecule has 0 spiro atoms. The maximum atomic E-state index is 12.1. The minimum atomic E-state index is -0.724. The van der Waals surface area contributed by atoms with Crippen molar-refractivity contribution in [2.24, 2.45) is 0 Å². The molecule has 0 aliphatic heterocycles. The Morgan fingerprint density at radius 1 is 1.14 bits per heavy atom. The summed E-state index contributed by atoms with van der Waals surface area (Å²) in [5, 5.41) is 2.69. The maximum Gasteiger partial charge on any atom is 0.328 e. The van der Waals surface area contributed by atoms with E-state index in [1.54, 1.807) is 12.1 Å². The first kappa shape index (κ1) is 14.7. The quantitative estimate of drug-likeness (QED) is 0.847. The van der Waals surface area contributed by atoms with E-state index < -0.39 is 12.0 Å². The maximum absolute atomic E-state index is 12.1. The number of rotatable bonds is 5. The van der Waals surface area contributed by atoms with Crippen LogP contribution in [0.2, 0.25) is 0 Å². The van der Waals surface area contributed by atoms with E-state index in [9.17, 15) is 9.59 Å². The summed E-state index contributed by atoms with van der Waals surface area (Å²) in [6, 6.07) is 11.9. The number of nitrogens with one attached hydrogen (secondary N) is 1. The number of nitrogens with zero attached hydrogens (tertiary/aromatic N) is 1. The second-order valence-corrected chi connectivity index (χ2v) is 4.47. The van der Waals surface area contributed by atoms with Gasteiger partial charge in [0.1, 0.15) is 6.04 Å². The predicted molar refractivity (Wildman–Crippen MR) is 77.7 cm³/mol. The van der Waals surface area contributed by atoms with Crippen molar-refractivity contribution in [2.75, 3.05) is 7.11 Å². The van der Waals surface area contributed by atoms with E-state index in [4.69, 9.17) is 4.74 Å². The molecule has 0 fully saturated rings. The molecule has 2 rings (SSSR count). The SMILES string of the molecule is COC(=O)C(Cc1ccccc1)NC(=O)c1ccncc1. The molecule has 0 saturated carbocycles. The van der Waals surface area contributed by atoms with Crippen molar-refractivity contribution in [3.8, 4) is 0 Å². The molecule has 108 valence electrons. The van der Waals surface area contributed by atoms with Crippen LogP contribution in [0.3, 0.4) is 0 Å². The van der Waals surface area contributed by atoms with E-state index in [1.807, 2.05) is 30.3 Å². The van der Waals surface area contributed by atoms with Gasteiger partial charge in [0.15, 0.2) is 0 Å². The second kappa shape index (κ2) is 7.19.